The number of carbonyl (C=O) groups excluding carboxylic acids is 1. The predicted molar refractivity (Wildman–Crippen MR) is 96.5 cm³/mol. The number of carbonyl (C=O) groups is 1. The van der Waals surface area contributed by atoms with Crippen LogP contribution in [-0.4, -0.2) is 18.2 Å². The Morgan fingerprint density at radius 2 is 2.00 bits per heavy atom. The topological polar surface area (TPSA) is 44.1 Å². The molecule has 2 aromatic rings. The van der Waals surface area contributed by atoms with E-state index in [-0.39, 0.29) is 5.91 Å². The van der Waals surface area contributed by atoms with E-state index in [0.29, 0.717) is 17.9 Å². The third kappa shape index (κ3) is 4.87. The van der Waals surface area contributed by atoms with Crippen LogP contribution >= 0.6 is 11.8 Å². The summed E-state index contributed by atoms with van der Waals surface area (Å²) >= 11 is 1.58. The molecule has 0 radical (unpaired) electrons. The van der Waals surface area contributed by atoms with Gasteiger partial charge >= 0.3 is 0 Å². The Morgan fingerprint density at radius 1 is 1.22 bits per heavy atom. The Labute approximate surface area is 141 Å². The van der Waals surface area contributed by atoms with Crippen LogP contribution in [0, 0.1) is 18.3 Å². The second kappa shape index (κ2) is 8.40. The first-order valence-corrected chi connectivity index (χ1v) is 8.73. The maximum Gasteiger partial charge on any atom is 0.236 e. The molecule has 0 spiro atoms. The summed E-state index contributed by atoms with van der Waals surface area (Å²) in [5.74, 6) is 1.27. The molecular weight excluding hydrogens is 304 g/mol. The number of thioether (sulfide) groups is 1. The van der Waals surface area contributed by atoms with E-state index in [4.69, 9.17) is 5.26 Å². The highest BCUT2D eigenvalue weighted by Gasteiger charge is 2.13. The molecule has 0 fully saturated rings. The summed E-state index contributed by atoms with van der Waals surface area (Å²) in [6.45, 7) is 4.67. The molecule has 0 aliphatic carbocycles. The molecule has 0 atom stereocenters. The van der Waals surface area contributed by atoms with Crippen molar-refractivity contribution in [2.75, 3.05) is 17.2 Å². The fourth-order valence-corrected chi connectivity index (χ4v) is 3.21. The fourth-order valence-electron chi connectivity index (χ4n) is 2.36. The summed E-state index contributed by atoms with van der Waals surface area (Å²) in [7, 11) is 0. The van der Waals surface area contributed by atoms with Gasteiger partial charge in [0.25, 0.3) is 0 Å². The molecule has 2 aromatic carbocycles. The van der Waals surface area contributed by atoms with E-state index < -0.39 is 0 Å². The van der Waals surface area contributed by atoms with Gasteiger partial charge in [0.2, 0.25) is 5.91 Å². The number of nitrogens with zero attached hydrogens (tertiary/aromatic N) is 2. The first-order chi connectivity index (χ1) is 11.1. The SMILES string of the molecule is CCN(C(=O)CSCc1cccc(C#N)c1)c1cccc(C)c1. The Balaban J connectivity index is 1.94. The molecule has 0 bridgehead atoms. The van der Waals surface area contributed by atoms with E-state index >= 15 is 0 Å². The summed E-state index contributed by atoms with van der Waals surface area (Å²) in [5.41, 5.74) is 3.82. The number of hydrogen-bond donors (Lipinski definition) is 0. The second-order valence-corrected chi connectivity index (χ2v) is 6.27. The average Bonchev–Trinajstić information content (AvgIpc) is 2.56. The lowest BCUT2D eigenvalue weighted by molar-refractivity contribution is -0.116. The quantitative estimate of drug-likeness (QED) is 0.801. The van der Waals surface area contributed by atoms with E-state index in [1.54, 1.807) is 17.8 Å². The van der Waals surface area contributed by atoms with Crippen LogP contribution in [-0.2, 0) is 10.5 Å². The first-order valence-electron chi connectivity index (χ1n) is 7.58. The van der Waals surface area contributed by atoms with Crippen molar-refractivity contribution in [3.8, 4) is 6.07 Å². The molecule has 0 aliphatic rings. The monoisotopic (exact) mass is 324 g/mol. The van der Waals surface area contributed by atoms with Gasteiger partial charge in [-0.15, -0.1) is 11.8 Å². The van der Waals surface area contributed by atoms with Crippen LogP contribution < -0.4 is 4.90 Å². The molecule has 2 rings (SSSR count). The molecule has 1 amide bonds. The number of aryl methyl sites for hydroxylation is 1. The maximum absolute atomic E-state index is 12.5. The Kier molecular flexibility index (Phi) is 6.25. The summed E-state index contributed by atoms with van der Waals surface area (Å²) in [4.78, 5) is 14.3. The highest BCUT2D eigenvalue weighted by molar-refractivity contribution is 7.99. The van der Waals surface area contributed by atoms with E-state index in [1.807, 2.05) is 61.2 Å². The third-order valence-corrected chi connectivity index (χ3v) is 4.47. The predicted octanol–water partition coefficient (Wildman–Crippen LogP) is 4.15. The average molecular weight is 324 g/mol. The van der Waals surface area contributed by atoms with Crippen molar-refractivity contribution in [3.63, 3.8) is 0 Å². The second-order valence-electron chi connectivity index (χ2n) is 5.28. The van der Waals surface area contributed by atoms with Crippen LogP contribution in [0.5, 0.6) is 0 Å². The number of anilines is 1. The first kappa shape index (κ1) is 17.1. The zero-order valence-electron chi connectivity index (χ0n) is 13.5. The molecule has 0 N–H and O–H groups in total. The molecule has 0 saturated heterocycles. The van der Waals surface area contributed by atoms with Gasteiger partial charge in [-0.1, -0.05) is 24.3 Å². The zero-order valence-corrected chi connectivity index (χ0v) is 14.3. The molecular formula is C19H20N2OS. The fraction of sp³-hybridized carbons (Fsp3) is 0.263. The van der Waals surface area contributed by atoms with Crippen LogP contribution in [0.2, 0.25) is 0 Å². The zero-order chi connectivity index (χ0) is 16.7. The van der Waals surface area contributed by atoms with E-state index in [1.165, 1.54) is 0 Å². The maximum atomic E-state index is 12.5. The van der Waals surface area contributed by atoms with Gasteiger partial charge in [-0.25, -0.2) is 0 Å². The minimum Gasteiger partial charge on any atom is -0.312 e. The smallest absolute Gasteiger partial charge is 0.236 e. The number of benzene rings is 2. The molecule has 23 heavy (non-hydrogen) atoms. The standard InChI is InChI=1S/C19H20N2OS/c1-3-21(18-9-4-6-15(2)10-18)19(22)14-23-13-17-8-5-7-16(11-17)12-20/h4-11H,3,13-14H2,1-2H3. The molecule has 4 heteroatoms. The van der Waals surface area contributed by atoms with Crippen LogP contribution in [0.4, 0.5) is 5.69 Å². The van der Waals surface area contributed by atoms with Crippen molar-refractivity contribution in [1.82, 2.24) is 0 Å². The Morgan fingerprint density at radius 3 is 2.70 bits per heavy atom. The summed E-state index contributed by atoms with van der Waals surface area (Å²) in [6.07, 6.45) is 0. The van der Waals surface area contributed by atoms with Crippen molar-refractivity contribution in [3.05, 3.63) is 65.2 Å². The minimum absolute atomic E-state index is 0.111. The highest BCUT2D eigenvalue weighted by Crippen LogP contribution is 2.19. The van der Waals surface area contributed by atoms with Gasteiger partial charge in [0.1, 0.15) is 0 Å². The lowest BCUT2D eigenvalue weighted by Crippen LogP contribution is -2.32. The highest BCUT2D eigenvalue weighted by atomic mass is 32.2. The number of amides is 1. The number of rotatable bonds is 6. The lowest BCUT2D eigenvalue weighted by Gasteiger charge is -2.21. The van der Waals surface area contributed by atoms with Crippen LogP contribution in [0.1, 0.15) is 23.6 Å². The van der Waals surface area contributed by atoms with Gasteiger partial charge in [-0.3, -0.25) is 4.79 Å². The van der Waals surface area contributed by atoms with Crippen molar-refractivity contribution < 1.29 is 4.79 Å². The summed E-state index contributed by atoms with van der Waals surface area (Å²) in [6, 6.07) is 17.7. The summed E-state index contributed by atoms with van der Waals surface area (Å²) < 4.78 is 0. The lowest BCUT2D eigenvalue weighted by atomic mass is 10.2. The van der Waals surface area contributed by atoms with Crippen molar-refractivity contribution in [1.29, 1.82) is 5.26 Å². The van der Waals surface area contributed by atoms with Crippen LogP contribution in [0.25, 0.3) is 0 Å². The van der Waals surface area contributed by atoms with Gasteiger partial charge in [-0.05, 0) is 49.2 Å². The molecule has 118 valence electrons. The van der Waals surface area contributed by atoms with E-state index in [9.17, 15) is 4.79 Å². The van der Waals surface area contributed by atoms with E-state index in [2.05, 4.69) is 6.07 Å². The minimum atomic E-state index is 0.111. The summed E-state index contributed by atoms with van der Waals surface area (Å²) in [5, 5.41) is 8.91. The molecule has 0 aliphatic heterocycles. The van der Waals surface area contributed by atoms with Gasteiger partial charge in [0, 0.05) is 18.0 Å². The molecule has 3 nitrogen and oxygen atoms in total. The van der Waals surface area contributed by atoms with Gasteiger partial charge in [-0.2, -0.15) is 5.26 Å². The van der Waals surface area contributed by atoms with E-state index in [0.717, 1.165) is 22.6 Å². The molecule has 0 aromatic heterocycles. The molecule has 0 heterocycles. The van der Waals surface area contributed by atoms with Crippen LogP contribution in [0.3, 0.4) is 0 Å². The number of nitriles is 1. The van der Waals surface area contributed by atoms with Gasteiger partial charge in [0.15, 0.2) is 0 Å². The van der Waals surface area contributed by atoms with Crippen molar-refractivity contribution in [2.24, 2.45) is 0 Å². The largest absolute Gasteiger partial charge is 0.312 e. The Hall–Kier alpha value is -2.25. The van der Waals surface area contributed by atoms with Gasteiger partial charge < -0.3 is 4.90 Å². The van der Waals surface area contributed by atoms with Gasteiger partial charge in [0.05, 0.1) is 17.4 Å². The normalized spacial score (nSPS) is 10.1. The Bertz CT molecular complexity index is 721. The number of hydrogen-bond acceptors (Lipinski definition) is 3. The molecule has 0 unspecified atom stereocenters. The molecule has 0 saturated carbocycles. The van der Waals surface area contributed by atoms with Crippen molar-refractivity contribution in [2.45, 2.75) is 19.6 Å². The van der Waals surface area contributed by atoms with Crippen LogP contribution in [0.15, 0.2) is 48.5 Å². The third-order valence-electron chi connectivity index (χ3n) is 3.48. The van der Waals surface area contributed by atoms with Crippen molar-refractivity contribution >= 4 is 23.4 Å².